The minimum atomic E-state index is 0.614. The molecule has 0 aliphatic heterocycles. The lowest BCUT2D eigenvalue weighted by molar-refractivity contribution is 1.07. The quantitative estimate of drug-likeness (QED) is 0.151. The van der Waals surface area contributed by atoms with Crippen molar-refractivity contribution in [3.63, 3.8) is 0 Å². The monoisotopic (exact) mass is 588 g/mol. The molecule has 0 aliphatic rings. The van der Waals surface area contributed by atoms with Crippen molar-refractivity contribution in [3.05, 3.63) is 146 Å². The van der Waals surface area contributed by atoms with E-state index in [2.05, 4.69) is 59.6 Å². The van der Waals surface area contributed by atoms with Gasteiger partial charge in [0.15, 0.2) is 17.5 Å². The van der Waals surface area contributed by atoms with Gasteiger partial charge in [-0.15, -0.1) is 0 Å². The van der Waals surface area contributed by atoms with E-state index in [0.29, 0.717) is 17.5 Å². The highest BCUT2D eigenvalue weighted by atomic mass is 15.0. The minimum Gasteiger partial charge on any atom is -0.254 e. The van der Waals surface area contributed by atoms with Crippen LogP contribution in [0.1, 0.15) is 0 Å². The van der Waals surface area contributed by atoms with E-state index in [4.69, 9.17) is 24.9 Å². The lowest BCUT2D eigenvalue weighted by Crippen LogP contribution is -2.00. The molecule has 0 bridgehead atoms. The molecule has 0 amide bonds. The average Bonchev–Trinajstić information content (AvgIpc) is 3.14. The van der Waals surface area contributed by atoms with Gasteiger partial charge in [-0.25, -0.2) is 24.9 Å². The summed E-state index contributed by atoms with van der Waals surface area (Å²) < 4.78 is 0. The van der Waals surface area contributed by atoms with Crippen molar-refractivity contribution in [3.8, 4) is 45.4 Å². The van der Waals surface area contributed by atoms with Crippen molar-refractivity contribution in [2.45, 2.75) is 0 Å². The fraction of sp³-hybridized carbons (Fsp3) is 0. The normalized spacial score (nSPS) is 11.5. The zero-order valence-electron chi connectivity index (χ0n) is 24.5. The molecule has 6 nitrogen and oxygen atoms in total. The minimum absolute atomic E-state index is 0.614. The van der Waals surface area contributed by atoms with Crippen LogP contribution in [0.5, 0.6) is 0 Å². The number of hydrogen-bond donors (Lipinski definition) is 0. The van der Waals surface area contributed by atoms with Crippen molar-refractivity contribution in [2.24, 2.45) is 0 Å². The highest BCUT2D eigenvalue weighted by molar-refractivity contribution is 6.15. The van der Waals surface area contributed by atoms with E-state index >= 15 is 0 Å². The van der Waals surface area contributed by atoms with Gasteiger partial charge in [-0.2, -0.15) is 0 Å². The first kappa shape index (κ1) is 26.0. The molecule has 0 N–H and O–H groups in total. The van der Waals surface area contributed by atoms with E-state index in [1.54, 1.807) is 0 Å². The Morgan fingerprint density at radius 1 is 0.348 bits per heavy atom. The average molecular weight is 589 g/mol. The van der Waals surface area contributed by atoms with Crippen molar-refractivity contribution in [1.82, 2.24) is 29.9 Å². The third-order valence-corrected chi connectivity index (χ3v) is 8.32. The number of fused-ring (bicyclic) bond motifs is 6. The molecule has 0 saturated heterocycles. The Balaban J connectivity index is 1.21. The van der Waals surface area contributed by atoms with Gasteiger partial charge < -0.3 is 0 Å². The van der Waals surface area contributed by atoms with Crippen molar-refractivity contribution in [2.75, 3.05) is 0 Å². The fourth-order valence-corrected chi connectivity index (χ4v) is 6.05. The van der Waals surface area contributed by atoms with E-state index in [0.717, 1.165) is 71.6 Å². The third kappa shape index (κ3) is 4.43. The molecule has 0 atom stereocenters. The smallest absolute Gasteiger partial charge is 0.164 e. The first-order valence-electron chi connectivity index (χ1n) is 15.1. The van der Waals surface area contributed by atoms with Crippen LogP contribution in [0.2, 0.25) is 0 Å². The van der Waals surface area contributed by atoms with Crippen LogP contribution in [0.25, 0.3) is 89.0 Å². The molecule has 0 fully saturated rings. The van der Waals surface area contributed by atoms with Gasteiger partial charge in [0.1, 0.15) is 0 Å². The third-order valence-electron chi connectivity index (χ3n) is 8.32. The Hall–Kier alpha value is -6.40. The van der Waals surface area contributed by atoms with Crippen LogP contribution < -0.4 is 0 Å². The predicted octanol–water partition coefficient (Wildman–Crippen LogP) is 9.34. The summed E-state index contributed by atoms with van der Waals surface area (Å²) in [6.45, 7) is 0. The summed E-state index contributed by atoms with van der Waals surface area (Å²) in [5.41, 5.74) is 8.23. The highest BCUT2D eigenvalue weighted by Gasteiger charge is 2.16. The Morgan fingerprint density at radius 2 is 0.935 bits per heavy atom. The summed E-state index contributed by atoms with van der Waals surface area (Å²) in [5, 5.41) is 4.10. The topological polar surface area (TPSA) is 77.3 Å². The van der Waals surface area contributed by atoms with Gasteiger partial charge in [0.25, 0.3) is 0 Å². The molecule has 9 aromatic rings. The van der Waals surface area contributed by atoms with Crippen molar-refractivity contribution in [1.29, 1.82) is 0 Å². The van der Waals surface area contributed by atoms with E-state index in [1.807, 2.05) is 91.1 Å². The van der Waals surface area contributed by atoms with E-state index < -0.39 is 0 Å². The molecule has 46 heavy (non-hydrogen) atoms. The number of pyridine rings is 3. The van der Waals surface area contributed by atoms with Crippen molar-refractivity contribution >= 4 is 43.6 Å². The molecule has 214 valence electrons. The SMILES string of the molecule is c1ccc(-c2nc(-c3ccccc3)nc(-c3ccc(-c4nc5ccccc5c5nc6c(ccc7cccnc76)cc45)cc3)n2)cc1. The van der Waals surface area contributed by atoms with Crippen molar-refractivity contribution < 1.29 is 0 Å². The lowest BCUT2D eigenvalue weighted by Gasteiger charge is -2.12. The van der Waals surface area contributed by atoms with Crippen LogP contribution in [0.3, 0.4) is 0 Å². The second-order valence-electron chi connectivity index (χ2n) is 11.2. The summed E-state index contributed by atoms with van der Waals surface area (Å²) in [7, 11) is 0. The summed E-state index contributed by atoms with van der Waals surface area (Å²) in [6.07, 6.45) is 1.82. The first-order chi connectivity index (χ1) is 22.8. The number of hydrogen-bond acceptors (Lipinski definition) is 6. The van der Waals surface area contributed by atoms with Gasteiger partial charge in [-0.1, -0.05) is 121 Å². The van der Waals surface area contributed by atoms with Crippen LogP contribution in [0.15, 0.2) is 146 Å². The molecule has 5 aromatic carbocycles. The van der Waals surface area contributed by atoms with E-state index in [9.17, 15) is 0 Å². The Labute approximate surface area is 264 Å². The molecule has 9 rings (SSSR count). The zero-order chi connectivity index (χ0) is 30.5. The summed E-state index contributed by atoms with van der Waals surface area (Å²) in [6, 6.07) is 46.9. The van der Waals surface area contributed by atoms with Gasteiger partial charge in [-0.05, 0) is 18.2 Å². The van der Waals surface area contributed by atoms with E-state index in [1.165, 1.54) is 0 Å². The van der Waals surface area contributed by atoms with Crippen LogP contribution in [0, 0.1) is 0 Å². The molecule has 0 spiro atoms. The van der Waals surface area contributed by atoms with Crippen LogP contribution in [0.4, 0.5) is 0 Å². The second-order valence-corrected chi connectivity index (χ2v) is 11.2. The summed E-state index contributed by atoms with van der Waals surface area (Å²) in [4.78, 5) is 29.7. The Bertz CT molecular complexity index is 2510. The van der Waals surface area contributed by atoms with Gasteiger partial charge >= 0.3 is 0 Å². The number of para-hydroxylation sites is 1. The fourth-order valence-electron chi connectivity index (χ4n) is 6.05. The zero-order valence-corrected chi connectivity index (χ0v) is 24.5. The number of aromatic nitrogens is 6. The maximum Gasteiger partial charge on any atom is 0.164 e. The summed E-state index contributed by atoms with van der Waals surface area (Å²) in [5.74, 6) is 1.88. The molecule has 4 heterocycles. The molecule has 4 aromatic heterocycles. The van der Waals surface area contributed by atoms with Crippen LogP contribution in [-0.4, -0.2) is 29.9 Å². The van der Waals surface area contributed by atoms with Crippen LogP contribution >= 0.6 is 0 Å². The maximum atomic E-state index is 5.23. The molecule has 6 heteroatoms. The number of rotatable bonds is 4. The molecule has 0 unspecified atom stereocenters. The number of benzene rings is 5. The van der Waals surface area contributed by atoms with E-state index in [-0.39, 0.29) is 0 Å². The standard InChI is InChI=1S/C40H24N6/c1-3-10-27(11-4-1)38-44-39(28-12-5-2-6-13-28)46-40(45-38)29-20-17-26(18-21-29)34-32-24-30-22-19-25-14-9-23-41-35(25)36(30)43-37(32)31-15-7-8-16-33(31)42-34/h1-24H. The van der Waals surface area contributed by atoms with Gasteiger partial charge in [0.05, 0.1) is 27.8 Å². The Morgan fingerprint density at radius 3 is 1.63 bits per heavy atom. The van der Waals surface area contributed by atoms with Gasteiger partial charge in [0, 0.05) is 50.0 Å². The Kier molecular flexibility index (Phi) is 6.03. The molecule has 0 saturated carbocycles. The predicted molar refractivity (Wildman–Crippen MR) is 185 cm³/mol. The van der Waals surface area contributed by atoms with Gasteiger partial charge in [-0.3, -0.25) is 4.98 Å². The molecular weight excluding hydrogens is 564 g/mol. The summed E-state index contributed by atoms with van der Waals surface area (Å²) >= 11 is 0. The highest BCUT2D eigenvalue weighted by Crippen LogP contribution is 2.36. The van der Waals surface area contributed by atoms with Crippen LogP contribution in [-0.2, 0) is 0 Å². The number of nitrogens with zero attached hydrogens (tertiary/aromatic N) is 6. The lowest BCUT2D eigenvalue weighted by atomic mass is 10.00. The molecule has 0 radical (unpaired) electrons. The maximum absolute atomic E-state index is 5.23. The molecule has 0 aliphatic carbocycles. The molecular formula is C40H24N6. The van der Waals surface area contributed by atoms with Gasteiger partial charge in [0.2, 0.25) is 0 Å². The second kappa shape index (κ2) is 10.6. The first-order valence-corrected chi connectivity index (χ1v) is 15.1. The largest absolute Gasteiger partial charge is 0.254 e.